The van der Waals surface area contributed by atoms with Gasteiger partial charge in [0.15, 0.2) is 11.5 Å². The summed E-state index contributed by atoms with van der Waals surface area (Å²) in [5.74, 6) is 2.02. The van der Waals surface area contributed by atoms with E-state index < -0.39 is 0 Å². The van der Waals surface area contributed by atoms with Crippen molar-refractivity contribution >= 4 is 12.4 Å². The molecule has 0 radical (unpaired) electrons. The minimum absolute atomic E-state index is 0. The van der Waals surface area contributed by atoms with Gasteiger partial charge in [0, 0.05) is 25.0 Å². The summed E-state index contributed by atoms with van der Waals surface area (Å²) in [5, 5.41) is 0. The summed E-state index contributed by atoms with van der Waals surface area (Å²) in [5.41, 5.74) is 8.43. The molecule has 1 aliphatic carbocycles. The summed E-state index contributed by atoms with van der Waals surface area (Å²) < 4.78 is 11.3. The Morgan fingerprint density at radius 3 is 2.32 bits per heavy atom. The van der Waals surface area contributed by atoms with Crippen molar-refractivity contribution in [3.63, 3.8) is 0 Å². The van der Waals surface area contributed by atoms with Crippen molar-refractivity contribution in [1.29, 1.82) is 0 Å². The van der Waals surface area contributed by atoms with Crippen LogP contribution in [0.1, 0.15) is 45.7 Å². The average Bonchev–Trinajstić information content (AvgIpc) is 2.78. The van der Waals surface area contributed by atoms with E-state index in [4.69, 9.17) is 9.47 Å². The number of hydrogen-bond donors (Lipinski definition) is 0. The number of fused-ring (bicyclic) bond motifs is 5. The standard InChI is InChI=1S/C27H29NO2.ClH/c1-18-9-10-21-17-28(16-19-7-5-4-6-8-19)24-12-11-20-14-25(29-2)26(30-3)15-23(20)27(24)22(21)13-18;/h4-10,13-15,24,27H,11-12,16-17H2,1-3H3;1H. The van der Waals surface area contributed by atoms with E-state index in [1.807, 2.05) is 0 Å². The number of methoxy groups -OCH3 is 2. The van der Waals surface area contributed by atoms with Gasteiger partial charge in [0.2, 0.25) is 0 Å². The minimum atomic E-state index is 0. The van der Waals surface area contributed by atoms with E-state index in [1.54, 1.807) is 14.2 Å². The normalized spacial score (nSPS) is 19.5. The number of ether oxygens (including phenoxy) is 2. The maximum absolute atomic E-state index is 5.68. The van der Waals surface area contributed by atoms with Crippen LogP contribution >= 0.6 is 12.4 Å². The van der Waals surface area contributed by atoms with Gasteiger partial charge in [-0.25, -0.2) is 0 Å². The summed E-state index contributed by atoms with van der Waals surface area (Å²) in [7, 11) is 3.45. The van der Waals surface area contributed by atoms with Crippen LogP contribution < -0.4 is 9.47 Å². The van der Waals surface area contributed by atoms with Crippen LogP contribution in [0.2, 0.25) is 0 Å². The van der Waals surface area contributed by atoms with E-state index in [-0.39, 0.29) is 12.4 Å². The molecule has 0 amide bonds. The molecule has 0 bridgehead atoms. The molecule has 0 aromatic heterocycles. The van der Waals surface area contributed by atoms with Gasteiger partial charge in [0.25, 0.3) is 0 Å². The third kappa shape index (κ3) is 3.93. The maximum atomic E-state index is 5.68. The Hall–Kier alpha value is -2.49. The zero-order chi connectivity index (χ0) is 20.7. The van der Waals surface area contributed by atoms with E-state index in [9.17, 15) is 0 Å². The second kappa shape index (κ2) is 8.94. The van der Waals surface area contributed by atoms with Gasteiger partial charge in [-0.15, -0.1) is 12.4 Å². The van der Waals surface area contributed by atoms with Crippen LogP contribution in [0.25, 0.3) is 0 Å². The van der Waals surface area contributed by atoms with Crippen LogP contribution in [0.3, 0.4) is 0 Å². The van der Waals surface area contributed by atoms with Gasteiger partial charge in [-0.2, -0.15) is 0 Å². The number of benzene rings is 3. The monoisotopic (exact) mass is 435 g/mol. The Morgan fingerprint density at radius 2 is 1.58 bits per heavy atom. The van der Waals surface area contributed by atoms with Crippen molar-refractivity contribution in [1.82, 2.24) is 4.90 Å². The first-order chi connectivity index (χ1) is 14.7. The summed E-state index contributed by atoms with van der Waals surface area (Å²) in [6.07, 6.45) is 2.23. The van der Waals surface area contributed by atoms with Crippen LogP contribution in [0.5, 0.6) is 11.5 Å². The lowest BCUT2D eigenvalue weighted by Crippen LogP contribution is -2.45. The third-order valence-electron chi connectivity index (χ3n) is 6.78. The van der Waals surface area contributed by atoms with E-state index in [0.717, 1.165) is 37.4 Å². The lowest BCUT2D eigenvalue weighted by atomic mass is 9.71. The molecule has 0 fully saturated rings. The highest BCUT2D eigenvalue weighted by Crippen LogP contribution is 2.47. The molecule has 2 aliphatic rings. The van der Waals surface area contributed by atoms with Gasteiger partial charge in [-0.1, -0.05) is 54.1 Å². The second-order valence-corrected chi connectivity index (χ2v) is 8.58. The number of aryl methyl sites for hydroxylation is 2. The van der Waals surface area contributed by atoms with Crippen molar-refractivity contribution in [2.24, 2.45) is 0 Å². The molecule has 0 saturated carbocycles. The molecule has 4 heteroatoms. The Balaban J connectivity index is 0.00000231. The predicted octanol–water partition coefficient (Wildman–Crippen LogP) is 5.90. The van der Waals surface area contributed by atoms with Crippen molar-refractivity contribution in [3.8, 4) is 11.5 Å². The molecular weight excluding hydrogens is 406 g/mol. The van der Waals surface area contributed by atoms with Crippen LogP contribution in [0.15, 0.2) is 60.7 Å². The third-order valence-corrected chi connectivity index (χ3v) is 6.78. The smallest absolute Gasteiger partial charge is 0.161 e. The van der Waals surface area contributed by atoms with Crippen LogP contribution in [-0.4, -0.2) is 25.2 Å². The topological polar surface area (TPSA) is 21.7 Å². The van der Waals surface area contributed by atoms with E-state index in [2.05, 4.69) is 72.5 Å². The fourth-order valence-electron chi connectivity index (χ4n) is 5.36. The number of halogens is 1. The zero-order valence-corrected chi connectivity index (χ0v) is 19.2. The molecule has 2 unspecified atom stereocenters. The summed E-state index contributed by atoms with van der Waals surface area (Å²) in [6.45, 7) is 4.19. The van der Waals surface area contributed by atoms with Gasteiger partial charge < -0.3 is 9.47 Å². The molecule has 1 heterocycles. The fourth-order valence-corrected chi connectivity index (χ4v) is 5.36. The molecule has 0 spiro atoms. The highest BCUT2D eigenvalue weighted by Gasteiger charge is 2.40. The van der Waals surface area contributed by atoms with Gasteiger partial charge in [0.05, 0.1) is 14.2 Å². The second-order valence-electron chi connectivity index (χ2n) is 8.58. The molecule has 2 atom stereocenters. The Kier molecular flexibility index (Phi) is 6.27. The lowest BCUT2D eigenvalue weighted by molar-refractivity contribution is 0.132. The van der Waals surface area contributed by atoms with Gasteiger partial charge >= 0.3 is 0 Å². The molecule has 5 rings (SSSR count). The number of nitrogens with zero attached hydrogens (tertiary/aromatic N) is 1. The van der Waals surface area contributed by atoms with E-state index in [1.165, 1.54) is 33.4 Å². The lowest BCUT2D eigenvalue weighted by Gasteiger charge is -2.46. The van der Waals surface area contributed by atoms with Gasteiger partial charge in [0.1, 0.15) is 0 Å². The first kappa shape index (κ1) is 21.7. The van der Waals surface area contributed by atoms with Crippen molar-refractivity contribution in [2.75, 3.05) is 14.2 Å². The van der Waals surface area contributed by atoms with Crippen molar-refractivity contribution in [3.05, 3.63) is 94.0 Å². The van der Waals surface area contributed by atoms with Gasteiger partial charge in [-0.05, 0) is 59.7 Å². The molecule has 0 saturated heterocycles. The Morgan fingerprint density at radius 1 is 0.871 bits per heavy atom. The van der Waals surface area contributed by atoms with Crippen LogP contribution in [0, 0.1) is 6.92 Å². The molecule has 3 nitrogen and oxygen atoms in total. The molecular formula is C27H30ClNO2. The molecule has 31 heavy (non-hydrogen) atoms. The van der Waals surface area contributed by atoms with Crippen LogP contribution in [-0.2, 0) is 19.5 Å². The Bertz CT molecular complexity index is 1070. The quantitative estimate of drug-likeness (QED) is 0.509. The van der Waals surface area contributed by atoms with Gasteiger partial charge in [-0.3, -0.25) is 4.90 Å². The molecule has 3 aromatic rings. The highest BCUT2D eigenvalue weighted by atomic mass is 35.5. The molecule has 0 N–H and O–H groups in total. The molecule has 1 aliphatic heterocycles. The minimum Gasteiger partial charge on any atom is -0.493 e. The van der Waals surface area contributed by atoms with Crippen molar-refractivity contribution < 1.29 is 9.47 Å². The largest absolute Gasteiger partial charge is 0.493 e. The summed E-state index contributed by atoms with van der Waals surface area (Å²) in [6, 6.07) is 22.7. The number of rotatable bonds is 4. The maximum Gasteiger partial charge on any atom is 0.161 e. The average molecular weight is 436 g/mol. The first-order valence-corrected chi connectivity index (χ1v) is 10.8. The summed E-state index contributed by atoms with van der Waals surface area (Å²) in [4.78, 5) is 2.68. The SMILES string of the molecule is COc1cc2c(cc1OC)C1c3cc(C)ccc3CN(Cc3ccccc3)C1CC2.Cl. The first-order valence-electron chi connectivity index (χ1n) is 10.8. The Labute approximate surface area is 191 Å². The highest BCUT2D eigenvalue weighted by molar-refractivity contribution is 5.85. The predicted molar refractivity (Wildman–Crippen MR) is 128 cm³/mol. The van der Waals surface area contributed by atoms with Crippen molar-refractivity contribution in [2.45, 2.75) is 44.8 Å². The summed E-state index contributed by atoms with van der Waals surface area (Å²) >= 11 is 0. The van der Waals surface area contributed by atoms with E-state index in [0.29, 0.717) is 12.0 Å². The van der Waals surface area contributed by atoms with E-state index >= 15 is 0 Å². The zero-order valence-electron chi connectivity index (χ0n) is 18.4. The fraction of sp³-hybridized carbons (Fsp3) is 0.333. The van der Waals surface area contributed by atoms with Crippen LogP contribution in [0.4, 0.5) is 0 Å². The number of hydrogen-bond acceptors (Lipinski definition) is 3. The molecule has 162 valence electrons. The molecule has 3 aromatic carbocycles.